The molecule has 4 aromatic rings. The van der Waals surface area contributed by atoms with Crippen molar-refractivity contribution in [1.82, 2.24) is 0 Å². The van der Waals surface area contributed by atoms with Gasteiger partial charge in [0.1, 0.15) is 0 Å². The third-order valence-corrected chi connectivity index (χ3v) is 56.6. The van der Waals surface area contributed by atoms with E-state index in [9.17, 15) is 0 Å². The molecule has 0 aromatic heterocycles. The average molecular weight is 790 g/mol. The summed E-state index contributed by atoms with van der Waals surface area (Å²) in [7, 11) is 0. The van der Waals surface area contributed by atoms with E-state index in [-0.39, 0.29) is 10.8 Å². The first-order valence-electron chi connectivity index (χ1n) is 19.3. The second kappa shape index (κ2) is 13.4. The van der Waals surface area contributed by atoms with Crippen LogP contribution in [0.4, 0.5) is 0 Å². The van der Waals surface area contributed by atoms with Crippen LogP contribution in [-0.2, 0) is 0 Å². The van der Waals surface area contributed by atoms with Crippen molar-refractivity contribution in [2.24, 2.45) is 10.8 Å². The van der Waals surface area contributed by atoms with Crippen molar-refractivity contribution < 1.29 is 0 Å². The molecule has 1 aliphatic rings. The second-order valence-corrected chi connectivity index (χ2v) is 41.9. The maximum absolute atomic E-state index is 3.38. The molecule has 268 valence electrons. The van der Waals surface area contributed by atoms with Gasteiger partial charge in [0.15, 0.2) is 0 Å². The molecule has 0 spiro atoms. The van der Waals surface area contributed by atoms with Gasteiger partial charge in [-0.1, -0.05) is 0 Å². The monoisotopic (exact) mass is 792 g/mol. The van der Waals surface area contributed by atoms with Crippen molar-refractivity contribution in [2.45, 2.75) is 145 Å². The summed E-state index contributed by atoms with van der Waals surface area (Å²) in [5.74, 6) is 0. The number of aryl methyl sites for hydroxylation is 12. The first kappa shape index (κ1) is 39.2. The Morgan fingerprint density at radius 1 is 0.340 bits per heavy atom. The predicted octanol–water partition coefficient (Wildman–Crippen LogP) is 10.9. The van der Waals surface area contributed by atoms with Crippen molar-refractivity contribution in [2.75, 3.05) is 0 Å². The molecule has 1 saturated heterocycles. The fourth-order valence-corrected chi connectivity index (χ4v) is 76.6. The Hall–Kier alpha value is -2.03. The fourth-order valence-electron chi connectivity index (χ4n) is 12.0. The first-order chi connectivity index (χ1) is 23.0. The molecule has 0 aliphatic carbocycles. The summed E-state index contributed by atoms with van der Waals surface area (Å²) < 4.78 is 8.67. The Morgan fingerprint density at radius 2 is 0.500 bits per heavy atom. The molecule has 2 heteroatoms. The van der Waals surface area contributed by atoms with E-state index in [1.54, 1.807) is 44.5 Å². The van der Waals surface area contributed by atoms with Gasteiger partial charge in [0, 0.05) is 0 Å². The van der Waals surface area contributed by atoms with Gasteiger partial charge in [-0.3, -0.25) is 0 Å². The topological polar surface area (TPSA) is 0 Å². The molecule has 0 saturated carbocycles. The molecule has 0 nitrogen and oxygen atoms in total. The van der Waals surface area contributed by atoms with E-state index in [4.69, 9.17) is 0 Å². The zero-order valence-electron chi connectivity index (χ0n) is 35.2. The molecule has 5 rings (SSSR count). The van der Waals surface area contributed by atoms with Crippen LogP contribution in [0, 0.1) is 93.9 Å². The SMILES string of the molecule is Cc1cc(C)[c]([Ge]2([c]3c(C)cc(C)cc3C)[CH](CC(C)(C)C)[Ge]([c]3c(C)cc(C)cc3C)([c]3c(C)cc(C)cc3C)[CH]2CC(C)(C)C)c(C)c1. The van der Waals surface area contributed by atoms with Crippen LogP contribution >= 0.6 is 0 Å². The Morgan fingerprint density at radius 3 is 0.640 bits per heavy atom. The van der Waals surface area contributed by atoms with Crippen molar-refractivity contribution in [3.8, 4) is 0 Å². The van der Waals surface area contributed by atoms with E-state index in [0.717, 1.165) is 0 Å². The van der Waals surface area contributed by atoms with Crippen LogP contribution in [0.3, 0.4) is 0 Å². The van der Waals surface area contributed by atoms with Crippen molar-refractivity contribution in [1.29, 1.82) is 0 Å². The molecule has 0 bridgehead atoms. The van der Waals surface area contributed by atoms with Crippen LogP contribution in [0.25, 0.3) is 0 Å². The van der Waals surface area contributed by atoms with Crippen LogP contribution in [0.5, 0.6) is 0 Å². The molecule has 1 aliphatic heterocycles. The van der Waals surface area contributed by atoms with Crippen LogP contribution in [0.1, 0.15) is 121 Å². The average Bonchev–Trinajstić information content (AvgIpc) is 2.90. The Labute approximate surface area is 313 Å². The van der Waals surface area contributed by atoms with E-state index in [0.29, 0.717) is 7.17 Å². The van der Waals surface area contributed by atoms with Gasteiger partial charge in [-0.05, 0) is 0 Å². The van der Waals surface area contributed by atoms with E-state index in [1.807, 2.05) is 17.6 Å². The molecular formula is C48H68Ge2. The molecule has 0 amide bonds. The second-order valence-electron chi connectivity index (χ2n) is 19.5. The first-order valence-corrected chi connectivity index (χ1v) is 28.3. The maximum atomic E-state index is 2.55. The molecule has 0 N–H and O–H groups in total. The number of rotatable bonds is 6. The van der Waals surface area contributed by atoms with Crippen molar-refractivity contribution in [3.05, 3.63) is 115 Å². The predicted molar refractivity (Wildman–Crippen MR) is 228 cm³/mol. The van der Waals surface area contributed by atoms with Gasteiger partial charge in [-0.25, -0.2) is 0 Å². The number of hydrogen-bond acceptors (Lipinski definition) is 0. The van der Waals surface area contributed by atoms with Gasteiger partial charge in [-0.2, -0.15) is 0 Å². The minimum atomic E-state index is -3.38. The normalized spacial score (nSPS) is 18.7. The molecule has 50 heavy (non-hydrogen) atoms. The fraction of sp³-hybridized carbons (Fsp3) is 0.500. The van der Waals surface area contributed by atoms with E-state index < -0.39 is 26.5 Å². The van der Waals surface area contributed by atoms with Gasteiger partial charge < -0.3 is 0 Å². The summed E-state index contributed by atoms with van der Waals surface area (Å²) in [4.78, 5) is 0. The van der Waals surface area contributed by atoms with Crippen LogP contribution < -0.4 is 17.6 Å². The standard InChI is InChI=1S/C48H68Ge2/c1-29-19-33(5)43(34(6)20-29)49(44-35(7)21-30(2)22-36(44)8)41(27-47(13,14)15)50(42(49)28-48(16,17)18,45-37(9)23-31(3)24-38(45)10)46-39(11)25-32(4)26-40(46)12/h19-26,41-42H,27-28H2,1-18H3. The Bertz CT molecular complexity index is 1600. The quantitative estimate of drug-likeness (QED) is 0.171. The number of benzene rings is 4. The number of hydrogen-bond donors (Lipinski definition) is 0. The van der Waals surface area contributed by atoms with Gasteiger partial charge in [0.05, 0.1) is 0 Å². The Kier molecular flexibility index (Phi) is 10.5. The van der Waals surface area contributed by atoms with Crippen LogP contribution in [0.15, 0.2) is 48.5 Å². The third kappa shape index (κ3) is 6.46. The van der Waals surface area contributed by atoms with Crippen molar-refractivity contribution >= 4 is 44.1 Å². The van der Waals surface area contributed by atoms with Gasteiger partial charge in [-0.15, -0.1) is 0 Å². The molecule has 0 atom stereocenters. The van der Waals surface area contributed by atoms with Crippen LogP contribution in [0.2, 0.25) is 7.17 Å². The van der Waals surface area contributed by atoms with Crippen molar-refractivity contribution in [3.63, 3.8) is 0 Å². The van der Waals surface area contributed by atoms with E-state index in [1.165, 1.54) is 35.1 Å². The minimum absolute atomic E-state index is 0.197. The summed E-state index contributed by atoms with van der Waals surface area (Å²) in [5.41, 5.74) is 18.5. The summed E-state index contributed by atoms with van der Waals surface area (Å²) in [5, 5.41) is 0. The van der Waals surface area contributed by atoms with Gasteiger partial charge >= 0.3 is 315 Å². The molecule has 4 aromatic carbocycles. The zero-order chi connectivity index (χ0) is 37.5. The molecule has 1 heterocycles. The van der Waals surface area contributed by atoms with Gasteiger partial charge in [0.2, 0.25) is 0 Å². The summed E-state index contributed by atoms with van der Waals surface area (Å²) in [6.45, 7) is 44.5. The molecule has 0 unspecified atom stereocenters. The molecular weight excluding hydrogens is 722 g/mol. The summed E-state index contributed by atoms with van der Waals surface area (Å²) in [6, 6.07) is 20.4. The Balaban J connectivity index is 2.18. The third-order valence-electron chi connectivity index (χ3n) is 12.2. The summed E-state index contributed by atoms with van der Waals surface area (Å²) in [6.07, 6.45) is 2.57. The van der Waals surface area contributed by atoms with Gasteiger partial charge in [0.25, 0.3) is 0 Å². The molecule has 1 fully saturated rings. The summed E-state index contributed by atoms with van der Waals surface area (Å²) >= 11 is -6.76. The zero-order valence-corrected chi connectivity index (χ0v) is 39.4. The van der Waals surface area contributed by atoms with E-state index in [2.05, 4.69) is 173 Å². The van der Waals surface area contributed by atoms with E-state index >= 15 is 0 Å². The molecule has 0 radical (unpaired) electrons. The van der Waals surface area contributed by atoms with Crippen LogP contribution in [-0.4, -0.2) is 26.5 Å².